The van der Waals surface area contributed by atoms with Crippen LogP contribution in [0.3, 0.4) is 0 Å². The topological polar surface area (TPSA) is 77.5 Å². The lowest BCUT2D eigenvalue weighted by Crippen LogP contribution is -2.14. The van der Waals surface area contributed by atoms with Gasteiger partial charge in [-0.15, -0.1) is 0 Å². The first-order chi connectivity index (χ1) is 16.0. The van der Waals surface area contributed by atoms with Crippen molar-refractivity contribution in [1.82, 2.24) is 4.98 Å². The molecular weight excluding hydrogens is 440 g/mol. The van der Waals surface area contributed by atoms with Gasteiger partial charge in [-0.25, -0.2) is 9.78 Å². The van der Waals surface area contributed by atoms with E-state index in [0.29, 0.717) is 33.1 Å². The fourth-order valence-corrected chi connectivity index (χ4v) is 3.47. The molecule has 0 atom stereocenters. The number of carbonyl (C=O) groups excluding carboxylic acids is 2. The van der Waals surface area contributed by atoms with Crippen molar-refractivity contribution in [3.63, 3.8) is 0 Å². The zero-order valence-corrected chi connectivity index (χ0v) is 18.6. The van der Waals surface area contributed by atoms with E-state index in [9.17, 15) is 9.59 Å². The van der Waals surface area contributed by atoms with Crippen LogP contribution in [0.2, 0.25) is 5.02 Å². The number of esters is 1. The van der Waals surface area contributed by atoms with Gasteiger partial charge >= 0.3 is 5.97 Å². The molecule has 33 heavy (non-hydrogen) atoms. The summed E-state index contributed by atoms with van der Waals surface area (Å²) >= 11 is 6.00. The number of carbonyl (C=O) groups is 2. The first-order valence-electron chi connectivity index (χ1n) is 10.3. The number of pyridine rings is 1. The maximum absolute atomic E-state index is 12.5. The summed E-state index contributed by atoms with van der Waals surface area (Å²) in [4.78, 5) is 28.9. The van der Waals surface area contributed by atoms with E-state index in [1.54, 1.807) is 36.4 Å². The Morgan fingerprint density at radius 2 is 1.73 bits per heavy atom. The zero-order valence-electron chi connectivity index (χ0n) is 17.9. The SMILES string of the molecule is COC(=O)COc1cc(-c2ccc(Cl)cc2)nc2ccc(NC(=O)Cc3ccccc3)cc12. The van der Waals surface area contributed by atoms with Gasteiger partial charge in [0.25, 0.3) is 0 Å². The van der Waals surface area contributed by atoms with Gasteiger partial charge in [-0.05, 0) is 35.9 Å². The van der Waals surface area contributed by atoms with Gasteiger partial charge in [-0.1, -0.05) is 54.1 Å². The molecule has 0 unspecified atom stereocenters. The summed E-state index contributed by atoms with van der Waals surface area (Å²) in [6.45, 7) is -0.250. The molecule has 0 saturated carbocycles. The number of ether oxygens (including phenoxy) is 2. The molecule has 1 N–H and O–H groups in total. The minimum Gasteiger partial charge on any atom is -0.481 e. The third-order valence-electron chi connectivity index (χ3n) is 4.98. The summed E-state index contributed by atoms with van der Waals surface area (Å²) in [7, 11) is 1.30. The number of hydrogen-bond acceptors (Lipinski definition) is 5. The molecule has 7 heteroatoms. The highest BCUT2D eigenvalue weighted by Gasteiger charge is 2.13. The molecule has 1 aromatic heterocycles. The number of halogens is 1. The second-order valence-electron chi connectivity index (χ2n) is 7.32. The number of methoxy groups -OCH3 is 1. The third-order valence-corrected chi connectivity index (χ3v) is 5.23. The molecular formula is C26H21ClN2O4. The second-order valence-corrected chi connectivity index (χ2v) is 7.76. The minimum absolute atomic E-state index is 0.136. The summed E-state index contributed by atoms with van der Waals surface area (Å²) in [6.07, 6.45) is 0.262. The standard InChI is InChI=1S/C26H21ClN2O4/c1-32-26(31)16-33-24-15-23(18-7-9-19(27)10-8-18)29-22-12-11-20(14-21(22)24)28-25(30)13-17-5-3-2-4-6-17/h2-12,14-15H,13,16H2,1H3,(H,28,30). The monoisotopic (exact) mass is 460 g/mol. The fourth-order valence-electron chi connectivity index (χ4n) is 3.34. The number of benzene rings is 3. The molecule has 4 rings (SSSR count). The van der Waals surface area contributed by atoms with E-state index in [2.05, 4.69) is 5.32 Å². The van der Waals surface area contributed by atoms with Crippen LogP contribution in [0.1, 0.15) is 5.56 Å². The van der Waals surface area contributed by atoms with Crippen molar-refractivity contribution in [2.45, 2.75) is 6.42 Å². The quantitative estimate of drug-likeness (QED) is 0.379. The van der Waals surface area contributed by atoms with Gasteiger partial charge in [0, 0.05) is 27.7 Å². The molecule has 1 amide bonds. The summed E-state index contributed by atoms with van der Waals surface area (Å²) in [6, 6.07) is 23.9. The van der Waals surface area contributed by atoms with E-state index >= 15 is 0 Å². The van der Waals surface area contributed by atoms with Crippen LogP contribution in [0.4, 0.5) is 5.69 Å². The largest absolute Gasteiger partial charge is 0.481 e. The van der Waals surface area contributed by atoms with E-state index in [1.807, 2.05) is 42.5 Å². The van der Waals surface area contributed by atoms with Gasteiger partial charge in [-0.2, -0.15) is 0 Å². The van der Waals surface area contributed by atoms with E-state index in [0.717, 1.165) is 11.1 Å². The lowest BCUT2D eigenvalue weighted by molar-refractivity contribution is -0.142. The summed E-state index contributed by atoms with van der Waals surface area (Å²) in [5.41, 5.74) is 3.70. The van der Waals surface area contributed by atoms with Crippen LogP contribution in [0.15, 0.2) is 78.9 Å². The predicted octanol–water partition coefficient (Wildman–Crippen LogP) is 5.29. The Morgan fingerprint density at radius 1 is 0.970 bits per heavy atom. The fraction of sp³-hybridized carbons (Fsp3) is 0.115. The molecule has 3 aromatic carbocycles. The Balaban J connectivity index is 1.66. The Labute approximate surface area is 196 Å². The van der Waals surface area contributed by atoms with Crippen molar-refractivity contribution < 1.29 is 19.1 Å². The maximum Gasteiger partial charge on any atom is 0.343 e. The molecule has 6 nitrogen and oxygen atoms in total. The molecule has 0 radical (unpaired) electrons. The molecule has 0 spiro atoms. The summed E-state index contributed by atoms with van der Waals surface area (Å²) < 4.78 is 10.5. The number of hydrogen-bond donors (Lipinski definition) is 1. The number of nitrogens with one attached hydrogen (secondary N) is 1. The van der Waals surface area contributed by atoms with Crippen LogP contribution >= 0.6 is 11.6 Å². The maximum atomic E-state index is 12.5. The number of fused-ring (bicyclic) bond motifs is 1. The van der Waals surface area contributed by atoms with E-state index < -0.39 is 5.97 Å². The molecule has 0 aliphatic rings. The average molecular weight is 461 g/mol. The molecule has 0 aliphatic heterocycles. The van der Waals surface area contributed by atoms with E-state index in [4.69, 9.17) is 26.1 Å². The van der Waals surface area contributed by atoms with Gasteiger partial charge in [0.15, 0.2) is 6.61 Å². The lowest BCUT2D eigenvalue weighted by Gasteiger charge is -2.13. The second kappa shape index (κ2) is 10.1. The van der Waals surface area contributed by atoms with Gasteiger partial charge in [0.05, 0.1) is 24.7 Å². The van der Waals surface area contributed by atoms with Crippen LogP contribution in [0.25, 0.3) is 22.2 Å². The number of aromatic nitrogens is 1. The molecule has 166 valence electrons. The number of amides is 1. The Hall–Kier alpha value is -3.90. The number of anilines is 1. The van der Waals surface area contributed by atoms with Gasteiger partial charge in [0.1, 0.15) is 5.75 Å². The lowest BCUT2D eigenvalue weighted by atomic mass is 10.1. The Bertz CT molecular complexity index is 1290. The highest BCUT2D eigenvalue weighted by molar-refractivity contribution is 6.30. The van der Waals surface area contributed by atoms with Crippen molar-refractivity contribution in [3.8, 4) is 17.0 Å². The zero-order chi connectivity index (χ0) is 23.2. The Kier molecular flexibility index (Phi) is 6.86. The van der Waals surface area contributed by atoms with Crippen LogP contribution < -0.4 is 10.1 Å². The highest BCUT2D eigenvalue weighted by Crippen LogP contribution is 2.32. The number of rotatable bonds is 7. The molecule has 0 fully saturated rings. The minimum atomic E-state index is -0.500. The van der Waals surface area contributed by atoms with Crippen molar-refractivity contribution in [2.75, 3.05) is 19.0 Å². The summed E-state index contributed by atoms with van der Waals surface area (Å²) in [5, 5.41) is 4.19. The molecule has 0 aliphatic carbocycles. The highest BCUT2D eigenvalue weighted by atomic mass is 35.5. The van der Waals surface area contributed by atoms with Crippen LogP contribution in [-0.2, 0) is 20.7 Å². The van der Waals surface area contributed by atoms with E-state index in [1.165, 1.54) is 7.11 Å². The predicted molar refractivity (Wildman–Crippen MR) is 128 cm³/mol. The molecule has 0 bridgehead atoms. The van der Waals surface area contributed by atoms with Gasteiger partial charge in [0.2, 0.25) is 5.91 Å². The van der Waals surface area contributed by atoms with Crippen molar-refractivity contribution in [2.24, 2.45) is 0 Å². The van der Waals surface area contributed by atoms with Crippen molar-refractivity contribution in [1.29, 1.82) is 0 Å². The van der Waals surface area contributed by atoms with Crippen LogP contribution in [0, 0.1) is 0 Å². The first-order valence-corrected chi connectivity index (χ1v) is 10.6. The van der Waals surface area contributed by atoms with Crippen molar-refractivity contribution >= 4 is 40.1 Å². The van der Waals surface area contributed by atoms with Gasteiger partial charge in [-0.3, -0.25) is 4.79 Å². The average Bonchev–Trinajstić information content (AvgIpc) is 2.83. The molecule has 4 aromatic rings. The molecule has 0 saturated heterocycles. The first kappa shape index (κ1) is 22.3. The normalized spacial score (nSPS) is 10.6. The van der Waals surface area contributed by atoms with Crippen molar-refractivity contribution in [3.05, 3.63) is 89.4 Å². The van der Waals surface area contributed by atoms with Crippen LogP contribution in [0.5, 0.6) is 5.75 Å². The summed E-state index contributed by atoms with van der Waals surface area (Å²) in [5.74, 6) is -0.182. The smallest absolute Gasteiger partial charge is 0.343 e. The third kappa shape index (κ3) is 5.67. The van der Waals surface area contributed by atoms with E-state index in [-0.39, 0.29) is 18.9 Å². The van der Waals surface area contributed by atoms with Crippen LogP contribution in [-0.4, -0.2) is 30.6 Å². The van der Waals surface area contributed by atoms with Gasteiger partial charge < -0.3 is 14.8 Å². The Morgan fingerprint density at radius 3 is 2.45 bits per heavy atom. The number of nitrogens with zero attached hydrogens (tertiary/aromatic N) is 1. The molecule has 1 heterocycles.